The Balaban J connectivity index is 1.86. The summed E-state index contributed by atoms with van der Waals surface area (Å²) >= 11 is 0. The van der Waals surface area contributed by atoms with Gasteiger partial charge in [-0.15, -0.1) is 0 Å². The number of aromatic nitrogens is 1. The summed E-state index contributed by atoms with van der Waals surface area (Å²) in [5.41, 5.74) is 2.60. The Morgan fingerprint density at radius 2 is 1.92 bits per heavy atom. The van der Waals surface area contributed by atoms with E-state index < -0.39 is 6.17 Å². The topological polar surface area (TPSA) is 47.7 Å². The Hall–Kier alpha value is -2.08. The molecule has 2 heterocycles. The van der Waals surface area contributed by atoms with E-state index in [2.05, 4.69) is 9.88 Å². The molecular weight excluding hydrogens is 323 g/mol. The number of benzene rings is 1. The van der Waals surface area contributed by atoms with Crippen molar-refractivity contribution in [1.82, 2.24) is 9.88 Å². The quantitative estimate of drug-likeness (QED) is 0.820. The monoisotopic (exact) mass is 348 g/mol. The molecule has 2 aromatic rings. The third-order valence-corrected chi connectivity index (χ3v) is 4.79. The predicted octanol–water partition coefficient (Wildman–Crippen LogP) is 3.91. The van der Waals surface area contributed by atoms with Crippen molar-refractivity contribution in [3.05, 3.63) is 29.2 Å². The molecular formula is C19H25FN2O3. The van der Waals surface area contributed by atoms with Crippen LogP contribution in [-0.2, 0) is 6.54 Å². The van der Waals surface area contributed by atoms with Crippen LogP contribution in [0.15, 0.2) is 16.5 Å². The molecule has 0 spiro atoms. The lowest BCUT2D eigenvalue weighted by Crippen LogP contribution is -2.34. The van der Waals surface area contributed by atoms with Crippen LogP contribution >= 0.6 is 0 Å². The number of oxazole rings is 1. The van der Waals surface area contributed by atoms with Crippen LogP contribution in [0.25, 0.3) is 11.5 Å². The van der Waals surface area contributed by atoms with Gasteiger partial charge >= 0.3 is 0 Å². The number of likely N-dealkylation sites (tertiary alicyclic amines) is 1. The minimum atomic E-state index is -0.670. The number of piperidine rings is 1. The van der Waals surface area contributed by atoms with E-state index in [0.717, 1.165) is 41.4 Å². The van der Waals surface area contributed by atoms with Gasteiger partial charge in [0.1, 0.15) is 23.4 Å². The van der Waals surface area contributed by atoms with Crippen molar-refractivity contribution in [2.45, 2.75) is 39.4 Å². The van der Waals surface area contributed by atoms with Crippen LogP contribution < -0.4 is 9.47 Å². The molecule has 1 aliphatic heterocycles. The first kappa shape index (κ1) is 17.7. The van der Waals surface area contributed by atoms with Crippen molar-refractivity contribution in [2.75, 3.05) is 27.3 Å². The van der Waals surface area contributed by atoms with E-state index >= 15 is 0 Å². The lowest BCUT2D eigenvalue weighted by molar-refractivity contribution is 0.144. The van der Waals surface area contributed by atoms with Gasteiger partial charge in [0.15, 0.2) is 0 Å². The van der Waals surface area contributed by atoms with Crippen LogP contribution in [0.4, 0.5) is 4.39 Å². The molecule has 0 aliphatic carbocycles. The molecule has 0 radical (unpaired) electrons. The number of alkyl halides is 1. The summed E-state index contributed by atoms with van der Waals surface area (Å²) in [6.45, 7) is 6.05. The SMILES string of the molecule is COc1ccc(-c2nc(CN3CCC(F)CC3)c(C)o2)c(OC)c1C. The highest BCUT2D eigenvalue weighted by molar-refractivity contribution is 5.68. The van der Waals surface area contributed by atoms with Crippen molar-refractivity contribution >= 4 is 0 Å². The van der Waals surface area contributed by atoms with Gasteiger partial charge in [0.25, 0.3) is 0 Å². The minimum Gasteiger partial charge on any atom is -0.496 e. The second kappa shape index (κ2) is 7.44. The third-order valence-electron chi connectivity index (χ3n) is 4.79. The highest BCUT2D eigenvalue weighted by Crippen LogP contribution is 2.38. The fourth-order valence-corrected chi connectivity index (χ4v) is 3.29. The molecule has 1 aliphatic rings. The number of aryl methyl sites for hydroxylation is 1. The molecule has 1 saturated heterocycles. The van der Waals surface area contributed by atoms with Gasteiger partial charge in [0, 0.05) is 25.2 Å². The molecule has 1 aromatic heterocycles. The summed E-state index contributed by atoms with van der Waals surface area (Å²) in [7, 11) is 3.26. The van der Waals surface area contributed by atoms with E-state index in [4.69, 9.17) is 13.9 Å². The molecule has 25 heavy (non-hydrogen) atoms. The van der Waals surface area contributed by atoms with Gasteiger partial charge in [0.2, 0.25) is 5.89 Å². The van der Waals surface area contributed by atoms with Gasteiger partial charge in [-0.05, 0) is 38.8 Å². The summed E-state index contributed by atoms with van der Waals surface area (Å²) < 4.78 is 30.1. The normalized spacial score (nSPS) is 16.2. The van der Waals surface area contributed by atoms with Gasteiger partial charge in [-0.2, -0.15) is 0 Å². The van der Waals surface area contributed by atoms with Crippen LogP contribution in [0.3, 0.4) is 0 Å². The minimum absolute atomic E-state index is 0.537. The zero-order valence-electron chi connectivity index (χ0n) is 15.3. The predicted molar refractivity (Wildman–Crippen MR) is 93.9 cm³/mol. The number of nitrogens with zero attached hydrogens (tertiary/aromatic N) is 2. The third kappa shape index (κ3) is 3.63. The fourth-order valence-electron chi connectivity index (χ4n) is 3.29. The second-order valence-corrected chi connectivity index (χ2v) is 6.45. The molecule has 0 amide bonds. The largest absolute Gasteiger partial charge is 0.496 e. The Morgan fingerprint density at radius 1 is 1.20 bits per heavy atom. The van der Waals surface area contributed by atoms with Gasteiger partial charge in [-0.25, -0.2) is 9.37 Å². The number of ether oxygens (including phenoxy) is 2. The van der Waals surface area contributed by atoms with E-state index in [-0.39, 0.29) is 0 Å². The Kier molecular flexibility index (Phi) is 5.27. The standard InChI is InChI=1S/C19H25FN2O3/c1-12-17(23-3)6-5-15(18(12)24-4)19-21-16(13(2)25-19)11-22-9-7-14(20)8-10-22/h5-6,14H,7-11H2,1-4H3. The van der Waals surface area contributed by atoms with Gasteiger partial charge in [-0.1, -0.05) is 0 Å². The number of hydrogen-bond acceptors (Lipinski definition) is 5. The second-order valence-electron chi connectivity index (χ2n) is 6.45. The Labute approximate surface area is 147 Å². The van der Waals surface area contributed by atoms with Gasteiger partial charge in [-0.3, -0.25) is 4.90 Å². The maximum atomic E-state index is 13.3. The summed E-state index contributed by atoms with van der Waals surface area (Å²) in [5, 5.41) is 0. The zero-order chi connectivity index (χ0) is 18.0. The summed E-state index contributed by atoms with van der Waals surface area (Å²) in [5.74, 6) is 2.78. The van der Waals surface area contributed by atoms with Gasteiger partial charge < -0.3 is 13.9 Å². The maximum absolute atomic E-state index is 13.3. The van der Waals surface area contributed by atoms with E-state index in [1.807, 2.05) is 26.0 Å². The molecule has 6 heteroatoms. The molecule has 0 unspecified atom stereocenters. The fraction of sp³-hybridized carbons (Fsp3) is 0.526. The van der Waals surface area contributed by atoms with Crippen LogP contribution in [0.2, 0.25) is 0 Å². The Bertz CT molecular complexity index is 737. The maximum Gasteiger partial charge on any atom is 0.230 e. The highest BCUT2D eigenvalue weighted by atomic mass is 19.1. The lowest BCUT2D eigenvalue weighted by atomic mass is 10.1. The number of hydrogen-bond donors (Lipinski definition) is 0. The van der Waals surface area contributed by atoms with Crippen molar-refractivity contribution < 1.29 is 18.3 Å². The zero-order valence-corrected chi connectivity index (χ0v) is 15.3. The molecule has 0 N–H and O–H groups in total. The van der Waals surface area contributed by atoms with Crippen LogP contribution in [-0.4, -0.2) is 43.4 Å². The van der Waals surface area contributed by atoms with Crippen molar-refractivity contribution in [3.63, 3.8) is 0 Å². The summed E-state index contributed by atoms with van der Waals surface area (Å²) in [4.78, 5) is 6.90. The van der Waals surface area contributed by atoms with E-state index in [1.54, 1.807) is 14.2 Å². The first-order valence-electron chi connectivity index (χ1n) is 8.58. The first-order chi connectivity index (χ1) is 12.0. The average Bonchev–Trinajstić information content (AvgIpc) is 2.97. The van der Waals surface area contributed by atoms with Crippen molar-refractivity contribution in [3.8, 4) is 23.0 Å². The first-order valence-corrected chi connectivity index (χ1v) is 8.58. The molecule has 3 rings (SSSR count). The van der Waals surface area contributed by atoms with Gasteiger partial charge in [0.05, 0.1) is 25.5 Å². The number of halogens is 1. The molecule has 0 atom stereocenters. The van der Waals surface area contributed by atoms with E-state index in [0.29, 0.717) is 31.0 Å². The molecule has 136 valence electrons. The van der Waals surface area contributed by atoms with Crippen LogP contribution in [0.1, 0.15) is 29.9 Å². The van der Waals surface area contributed by atoms with Crippen LogP contribution in [0.5, 0.6) is 11.5 Å². The number of methoxy groups -OCH3 is 2. The van der Waals surface area contributed by atoms with E-state index in [1.165, 1.54) is 0 Å². The molecule has 5 nitrogen and oxygen atoms in total. The molecule has 1 aromatic carbocycles. The lowest BCUT2D eigenvalue weighted by Gasteiger charge is -2.27. The summed E-state index contributed by atoms with van der Waals surface area (Å²) in [6, 6.07) is 3.78. The van der Waals surface area contributed by atoms with Crippen LogP contribution in [0, 0.1) is 13.8 Å². The average molecular weight is 348 g/mol. The molecule has 1 fully saturated rings. The summed E-state index contributed by atoms with van der Waals surface area (Å²) in [6.07, 6.45) is 0.515. The smallest absolute Gasteiger partial charge is 0.230 e. The van der Waals surface area contributed by atoms with E-state index in [9.17, 15) is 4.39 Å². The molecule has 0 saturated carbocycles. The number of rotatable bonds is 5. The highest BCUT2D eigenvalue weighted by Gasteiger charge is 2.22. The van der Waals surface area contributed by atoms with Crippen molar-refractivity contribution in [1.29, 1.82) is 0 Å². The molecule has 0 bridgehead atoms. The Morgan fingerprint density at radius 3 is 2.56 bits per heavy atom. The van der Waals surface area contributed by atoms with Crippen molar-refractivity contribution in [2.24, 2.45) is 0 Å².